The van der Waals surface area contributed by atoms with Gasteiger partial charge in [-0.3, -0.25) is 0 Å². The van der Waals surface area contributed by atoms with Crippen LogP contribution in [0.1, 0.15) is 25.6 Å². The van der Waals surface area contributed by atoms with Crippen LogP contribution in [0, 0.1) is 0 Å². The molecule has 0 aliphatic rings. The summed E-state index contributed by atoms with van der Waals surface area (Å²) in [5, 5.41) is 4.29. The zero-order valence-electron chi connectivity index (χ0n) is 11.0. The van der Waals surface area contributed by atoms with Crippen LogP contribution in [0.3, 0.4) is 0 Å². The van der Waals surface area contributed by atoms with Crippen LogP contribution in [0.4, 0.5) is 5.13 Å². The van der Waals surface area contributed by atoms with Gasteiger partial charge >= 0.3 is 0 Å². The van der Waals surface area contributed by atoms with E-state index in [1.54, 1.807) is 11.3 Å². The number of hydrogen-bond acceptors (Lipinski definition) is 5. The van der Waals surface area contributed by atoms with Crippen LogP contribution in [-0.2, 0) is 5.75 Å². The van der Waals surface area contributed by atoms with Crippen LogP contribution in [0.25, 0.3) is 0 Å². The molecule has 5 heteroatoms. The summed E-state index contributed by atoms with van der Waals surface area (Å²) >= 11 is 3.77. The molecule has 1 aromatic heterocycles. The summed E-state index contributed by atoms with van der Waals surface area (Å²) in [4.78, 5) is 8.16. The van der Waals surface area contributed by atoms with Crippen molar-refractivity contribution in [2.24, 2.45) is 0 Å². The average Bonchev–Trinajstić information content (AvgIpc) is 2.78. The van der Waals surface area contributed by atoms with Gasteiger partial charge in [0.1, 0.15) is 0 Å². The highest BCUT2D eigenvalue weighted by Gasteiger charge is 2.02. The van der Waals surface area contributed by atoms with Crippen molar-refractivity contribution in [2.75, 3.05) is 37.2 Å². The van der Waals surface area contributed by atoms with E-state index in [1.165, 1.54) is 17.2 Å². The SMILES string of the molecule is CCNc1ncc(CSCCN(CC)CC)s1. The summed E-state index contributed by atoms with van der Waals surface area (Å²) in [6, 6.07) is 0. The standard InChI is InChI=1S/C12H23N3S2/c1-4-13-12-14-9-11(17-12)10-16-8-7-15(5-2)6-3/h9H,4-8,10H2,1-3H3,(H,13,14). The molecule has 0 aliphatic heterocycles. The Kier molecular flexibility index (Phi) is 7.64. The Balaban J connectivity index is 2.17. The van der Waals surface area contributed by atoms with Crippen molar-refractivity contribution in [1.82, 2.24) is 9.88 Å². The molecule has 0 aromatic carbocycles. The molecule has 0 radical (unpaired) electrons. The molecule has 0 amide bonds. The van der Waals surface area contributed by atoms with E-state index in [2.05, 4.69) is 36.0 Å². The first kappa shape index (κ1) is 14.8. The second kappa shape index (κ2) is 8.78. The first-order chi connectivity index (χ1) is 8.30. The van der Waals surface area contributed by atoms with E-state index in [-0.39, 0.29) is 0 Å². The van der Waals surface area contributed by atoms with Gasteiger partial charge in [-0.15, -0.1) is 11.3 Å². The Bertz CT molecular complexity index is 298. The molecule has 1 N–H and O–H groups in total. The summed E-state index contributed by atoms with van der Waals surface area (Å²) in [6.07, 6.45) is 1.99. The molecule has 0 spiro atoms. The van der Waals surface area contributed by atoms with E-state index in [1.807, 2.05) is 18.0 Å². The summed E-state index contributed by atoms with van der Waals surface area (Å²) in [5.74, 6) is 2.29. The average molecular weight is 273 g/mol. The van der Waals surface area contributed by atoms with Crippen LogP contribution in [0.2, 0.25) is 0 Å². The lowest BCUT2D eigenvalue weighted by Crippen LogP contribution is -2.25. The summed E-state index contributed by atoms with van der Waals surface area (Å²) < 4.78 is 0. The van der Waals surface area contributed by atoms with Crippen LogP contribution in [-0.4, -0.2) is 41.8 Å². The fourth-order valence-electron chi connectivity index (χ4n) is 1.51. The lowest BCUT2D eigenvalue weighted by molar-refractivity contribution is 0.324. The fourth-order valence-corrected chi connectivity index (χ4v) is 3.48. The van der Waals surface area contributed by atoms with Crippen LogP contribution < -0.4 is 5.32 Å². The smallest absolute Gasteiger partial charge is 0.182 e. The Hall–Kier alpha value is -0.260. The van der Waals surface area contributed by atoms with Crippen molar-refractivity contribution in [2.45, 2.75) is 26.5 Å². The molecule has 0 atom stereocenters. The number of thiazole rings is 1. The maximum atomic E-state index is 4.34. The molecule has 3 nitrogen and oxygen atoms in total. The van der Waals surface area contributed by atoms with Gasteiger partial charge in [0.05, 0.1) is 0 Å². The largest absolute Gasteiger partial charge is 0.362 e. The number of nitrogens with one attached hydrogen (secondary N) is 1. The van der Waals surface area contributed by atoms with Crippen molar-refractivity contribution < 1.29 is 0 Å². The Morgan fingerprint density at radius 1 is 1.35 bits per heavy atom. The Morgan fingerprint density at radius 3 is 2.76 bits per heavy atom. The normalized spacial score (nSPS) is 11.1. The number of nitrogens with zero attached hydrogens (tertiary/aromatic N) is 2. The number of anilines is 1. The number of thioether (sulfide) groups is 1. The van der Waals surface area contributed by atoms with Gasteiger partial charge in [0.25, 0.3) is 0 Å². The highest BCUT2D eigenvalue weighted by atomic mass is 32.2. The zero-order valence-corrected chi connectivity index (χ0v) is 12.7. The van der Waals surface area contributed by atoms with Gasteiger partial charge in [0.2, 0.25) is 0 Å². The third-order valence-electron chi connectivity index (χ3n) is 2.57. The van der Waals surface area contributed by atoms with Crippen LogP contribution in [0.15, 0.2) is 6.20 Å². The third kappa shape index (κ3) is 5.75. The molecule has 0 fully saturated rings. The highest BCUT2D eigenvalue weighted by molar-refractivity contribution is 7.98. The minimum atomic E-state index is 0.946. The number of rotatable bonds is 9. The molecular weight excluding hydrogens is 250 g/mol. The monoisotopic (exact) mass is 273 g/mol. The van der Waals surface area contributed by atoms with Crippen LogP contribution in [0.5, 0.6) is 0 Å². The molecule has 0 saturated carbocycles. The molecule has 98 valence electrons. The maximum absolute atomic E-state index is 4.34. The topological polar surface area (TPSA) is 28.2 Å². The predicted octanol–water partition coefficient (Wildman–Crippen LogP) is 3.15. The minimum absolute atomic E-state index is 0.946. The Morgan fingerprint density at radius 2 is 2.12 bits per heavy atom. The van der Waals surface area contributed by atoms with Crippen molar-refractivity contribution in [3.05, 3.63) is 11.1 Å². The summed E-state index contributed by atoms with van der Waals surface area (Å²) in [6.45, 7) is 11.0. The molecule has 0 bridgehead atoms. The van der Waals surface area contributed by atoms with Crippen molar-refractivity contribution in [3.8, 4) is 0 Å². The first-order valence-electron chi connectivity index (χ1n) is 6.28. The van der Waals surface area contributed by atoms with Gasteiger partial charge in [-0.2, -0.15) is 11.8 Å². The van der Waals surface area contributed by atoms with E-state index >= 15 is 0 Å². The predicted molar refractivity (Wildman–Crippen MR) is 80.2 cm³/mol. The van der Waals surface area contributed by atoms with Gasteiger partial charge < -0.3 is 10.2 Å². The number of hydrogen-bond donors (Lipinski definition) is 1. The van der Waals surface area contributed by atoms with E-state index in [9.17, 15) is 0 Å². The molecule has 1 heterocycles. The third-order valence-corrected chi connectivity index (χ3v) is 4.70. The van der Waals surface area contributed by atoms with Crippen molar-refractivity contribution >= 4 is 28.2 Å². The van der Waals surface area contributed by atoms with Crippen molar-refractivity contribution in [3.63, 3.8) is 0 Å². The van der Waals surface area contributed by atoms with E-state index < -0.39 is 0 Å². The van der Waals surface area contributed by atoms with Crippen molar-refractivity contribution in [1.29, 1.82) is 0 Å². The Labute approximate surface area is 113 Å². The second-order valence-electron chi connectivity index (χ2n) is 3.74. The maximum Gasteiger partial charge on any atom is 0.182 e. The molecule has 17 heavy (non-hydrogen) atoms. The van der Waals surface area contributed by atoms with Gasteiger partial charge in [0, 0.05) is 35.7 Å². The second-order valence-corrected chi connectivity index (χ2v) is 5.96. The molecular formula is C12H23N3S2. The van der Waals surface area contributed by atoms with Crippen LogP contribution >= 0.6 is 23.1 Å². The van der Waals surface area contributed by atoms with E-state index in [0.717, 1.165) is 30.5 Å². The van der Waals surface area contributed by atoms with Gasteiger partial charge in [-0.1, -0.05) is 13.8 Å². The fraction of sp³-hybridized carbons (Fsp3) is 0.750. The lowest BCUT2D eigenvalue weighted by Gasteiger charge is -2.16. The zero-order chi connectivity index (χ0) is 12.5. The minimum Gasteiger partial charge on any atom is -0.362 e. The lowest BCUT2D eigenvalue weighted by atomic mass is 10.5. The summed E-state index contributed by atoms with van der Waals surface area (Å²) in [5.41, 5.74) is 0. The molecule has 0 aliphatic carbocycles. The molecule has 1 rings (SSSR count). The van der Waals surface area contributed by atoms with Gasteiger partial charge in [-0.25, -0.2) is 4.98 Å². The van der Waals surface area contributed by atoms with E-state index in [4.69, 9.17) is 0 Å². The first-order valence-corrected chi connectivity index (χ1v) is 8.25. The van der Waals surface area contributed by atoms with E-state index in [0.29, 0.717) is 0 Å². The summed E-state index contributed by atoms with van der Waals surface area (Å²) in [7, 11) is 0. The highest BCUT2D eigenvalue weighted by Crippen LogP contribution is 2.22. The molecule has 0 saturated heterocycles. The van der Waals surface area contributed by atoms with Gasteiger partial charge in [0.15, 0.2) is 5.13 Å². The number of aromatic nitrogens is 1. The molecule has 1 aromatic rings. The quantitative estimate of drug-likeness (QED) is 0.700. The molecule has 0 unspecified atom stereocenters. The van der Waals surface area contributed by atoms with Gasteiger partial charge in [-0.05, 0) is 20.0 Å².